The van der Waals surface area contributed by atoms with Crippen LogP contribution in [-0.4, -0.2) is 6.04 Å². The van der Waals surface area contributed by atoms with E-state index in [4.69, 9.17) is 0 Å². The maximum Gasteiger partial charge on any atom is 0.110 e. The quantitative estimate of drug-likeness (QED) is 0.508. The van der Waals surface area contributed by atoms with Crippen LogP contribution in [0, 0.1) is 6.92 Å². The minimum atomic E-state index is 0.633. The molecule has 3 aromatic carbocycles. The molecule has 134 valence electrons. The van der Waals surface area contributed by atoms with Crippen molar-refractivity contribution in [2.24, 2.45) is 0 Å². The van der Waals surface area contributed by atoms with Crippen LogP contribution in [0.1, 0.15) is 42.7 Å². The normalized spacial score (nSPS) is 20.6. The Morgan fingerprint density at radius 2 is 1.59 bits per heavy atom. The molecule has 1 heterocycles. The first-order chi connectivity index (χ1) is 13.3. The van der Waals surface area contributed by atoms with Gasteiger partial charge in [-0.05, 0) is 58.4 Å². The largest absolute Gasteiger partial charge is 0.381 e. The van der Waals surface area contributed by atoms with Gasteiger partial charge in [-0.3, -0.25) is 0 Å². The van der Waals surface area contributed by atoms with Gasteiger partial charge in [-0.15, -0.1) is 0 Å². The number of nitrogens with one attached hydrogen (secondary N) is 1. The number of hydrogen-bond acceptors (Lipinski definition) is 1. The van der Waals surface area contributed by atoms with Gasteiger partial charge in [-0.25, -0.2) is 0 Å². The molecule has 0 bridgehead atoms. The molecule has 3 aromatic rings. The van der Waals surface area contributed by atoms with E-state index in [1.165, 1.54) is 59.2 Å². The first kappa shape index (κ1) is 16.5. The summed E-state index contributed by atoms with van der Waals surface area (Å²) >= 11 is 0. The lowest BCUT2D eigenvalue weighted by Gasteiger charge is -2.26. The van der Waals surface area contributed by atoms with Gasteiger partial charge in [0.2, 0.25) is 0 Å². The van der Waals surface area contributed by atoms with Crippen molar-refractivity contribution < 1.29 is 0 Å². The zero-order chi connectivity index (χ0) is 18.2. The lowest BCUT2D eigenvalue weighted by molar-refractivity contribution is 0.422. The number of hydrogen-bond donors (Lipinski definition) is 1. The molecule has 2 unspecified atom stereocenters. The maximum absolute atomic E-state index is 3.97. The number of rotatable bonds is 3. The first-order valence-electron chi connectivity index (χ1n) is 10.2. The Morgan fingerprint density at radius 1 is 0.815 bits per heavy atom. The molecule has 0 amide bonds. The van der Waals surface area contributed by atoms with E-state index in [1.807, 2.05) is 0 Å². The van der Waals surface area contributed by atoms with Crippen molar-refractivity contribution in [1.82, 2.24) is 0 Å². The van der Waals surface area contributed by atoms with E-state index in [9.17, 15) is 0 Å². The molecule has 2 atom stereocenters. The van der Waals surface area contributed by atoms with Crippen molar-refractivity contribution in [2.75, 3.05) is 5.32 Å². The average Bonchev–Trinajstić information content (AvgIpc) is 3.13. The van der Waals surface area contributed by atoms with Crippen LogP contribution in [-0.2, 0) is 6.42 Å². The number of fused-ring (bicyclic) bond motifs is 3. The van der Waals surface area contributed by atoms with Crippen LogP contribution in [0.3, 0.4) is 0 Å². The molecule has 0 saturated heterocycles. The molecular formula is C26H26N+. The molecule has 0 aromatic heterocycles. The second-order valence-electron chi connectivity index (χ2n) is 7.94. The van der Waals surface area contributed by atoms with Crippen molar-refractivity contribution in [3.8, 4) is 22.3 Å². The van der Waals surface area contributed by atoms with Gasteiger partial charge in [0.25, 0.3) is 0 Å². The fourth-order valence-electron chi connectivity index (χ4n) is 4.92. The zero-order valence-corrected chi connectivity index (χ0v) is 15.7. The van der Waals surface area contributed by atoms with E-state index >= 15 is 0 Å². The second-order valence-corrected chi connectivity index (χ2v) is 7.94. The highest BCUT2D eigenvalue weighted by Crippen LogP contribution is 2.48. The molecule has 1 fully saturated rings. The van der Waals surface area contributed by atoms with Gasteiger partial charge in [0.05, 0.1) is 6.92 Å². The van der Waals surface area contributed by atoms with Gasteiger partial charge < -0.3 is 5.32 Å². The minimum Gasteiger partial charge on any atom is -0.381 e. The summed E-state index contributed by atoms with van der Waals surface area (Å²) < 4.78 is 0. The molecule has 2 aliphatic rings. The van der Waals surface area contributed by atoms with Gasteiger partial charge >= 0.3 is 0 Å². The molecular weight excluding hydrogens is 326 g/mol. The Hall–Kier alpha value is -2.67. The average molecular weight is 353 g/mol. The molecule has 1 heteroatoms. The van der Waals surface area contributed by atoms with Crippen molar-refractivity contribution in [3.63, 3.8) is 0 Å². The molecule has 0 radical (unpaired) electrons. The third-order valence-electron chi connectivity index (χ3n) is 6.33. The Labute approximate surface area is 162 Å². The SMILES string of the molecule is [CH2+]Cc1ccc(-c2cccc(-c3cccc4c3C3CCCCC3N4)c2)cc1. The highest BCUT2D eigenvalue weighted by molar-refractivity contribution is 5.80. The topological polar surface area (TPSA) is 12.0 Å². The van der Waals surface area contributed by atoms with Gasteiger partial charge in [0.1, 0.15) is 6.42 Å². The van der Waals surface area contributed by atoms with Crippen molar-refractivity contribution in [3.05, 3.63) is 84.8 Å². The number of benzene rings is 3. The van der Waals surface area contributed by atoms with Crippen LogP contribution in [0.25, 0.3) is 22.3 Å². The van der Waals surface area contributed by atoms with E-state index in [0.29, 0.717) is 12.0 Å². The van der Waals surface area contributed by atoms with Gasteiger partial charge in [0.15, 0.2) is 0 Å². The maximum atomic E-state index is 3.97. The highest BCUT2D eigenvalue weighted by atomic mass is 15.0. The third-order valence-corrected chi connectivity index (χ3v) is 6.33. The summed E-state index contributed by atoms with van der Waals surface area (Å²) in [6, 6.07) is 25.2. The Morgan fingerprint density at radius 3 is 2.44 bits per heavy atom. The Balaban J connectivity index is 1.56. The van der Waals surface area contributed by atoms with E-state index in [1.54, 1.807) is 5.56 Å². The second kappa shape index (κ2) is 6.81. The van der Waals surface area contributed by atoms with Gasteiger partial charge in [0, 0.05) is 17.6 Å². The smallest absolute Gasteiger partial charge is 0.110 e. The molecule has 1 N–H and O–H groups in total. The summed E-state index contributed by atoms with van der Waals surface area (Å²) in [5.41, 5.74) is 9.48. The molecule has 5 rings (SSSR count). The minimum absolute atomic E-state index is 0.633. The van der Waals surface area contributed by atoms with Crippen molar-refractivity contribution in [1.29, 1.82) is 0 Å². The number of anilines is 1. The van der Waals surface area contributed by atoms with E-state index < -0.39 is 0 Å². The van der Waals surface area contributed by atoms with Crippen LogP contribution in [0.2, 0.25) is 0 Å². The Bertz CT molecular complexity index is 954. The molecule has 0 spiro atoms. The van der Waals surface area contributed by atoms with E-state index in [0.717, 1.165) is 6.42 Å². The predicted molar refractivity (Wildman–Crippen MR) is 115 cm³/mol. The molecule has 1 saturated carbocycles. The van der Waals surface area contributed by atoms with Crippen LogP contribution in [0.4, 0.5) is 5.69 Å². The van der Waals surface area contributed by atoms with Crippen molar-refractivity contribution >= 4 is 5.69 Å². The summed E-state index contributed by atoms with van der Waals surface area (Å²) in [6.07, 6.45) is 6.17. The summed E-state index contributed by atoms with van der Waals surface area (Å²) in [5, 5.41) is 3.80. The lowest BCUT2D eigenvalue weighted by Crippen LogP contribution is -2.24. The van der Waals surface area contributed by atoms with E-state index in [-0.39, 0.29) is 0 Å². The van der Waals surface area contributed by atoms with Crippen molar-refractivity contribution in [2.45, 2.75) is 44.1 Å². The van der Waals surface area contributed by atoms with Gasteiger partial charge in [-0.1, -0.05) is 67.4 Å². The Kier molecular flexibility index (Phi) is 4.16. The van der Waals surface area contributed by atoms with Crippen LogP contribution < -0.4 is 5.32 Å². The third kappa shape index (κ3) is 2.92. The predicted octanol–water partition coefficient (Wildman–Crippen LogP) is 6.85. The standard InChI is InChI=1S/C26H26N/c1-2-18-13-15-19(16-14-18)20-7-5-8-21(17-20)22-10-6-12-25-26(22)23-9-3-4-11-24(23)27-25/h5-8,10,12-17,23-24,27H,1-4,9,11H2/q+1. The molecule has 27 heavy (non-hydrogen) atoms. The molecule has 1 aliphatic carbocycles. The van der Waals surface area contributed by atoms with E-state index in [2.05, 4.69) is 79.0 Å². The molecule has 1 nitrogen and oxygen atoms in total. The van der Waals surface area contributed by atoms with Crippen LogP contribution in [0.15, 0.2) is 66.7 Å². The van der Waals surface area contributed by atoms with Gasteiger partial charge in [-0.2, -0.15) is 0 Å². The van der Waals surface area contributed by atoms with Crippen LogP contribution >= 0.6 is 0 Å². The molecule has 1 aliphatic heterocycles. The monoisotopic (exact) mass is 352 g/mol. The summed E-state index contributed by atoms with van der Waals surface area (Å²) in [6.45, 7) is 3.97. The zero-order valence-electron chi connectivity index (χ0n) is 15.7. The fourth-order valence-corrected chi connectivity index (χ4v) is 4.92. The first-order valence-corrected chi connectivity index (χ1v) is 10.2. The lowest BCUT2D eigenvalue weighted by atomic mass is 9.80. The summed E-state index contributed by atoms with van der Waals surface area (Å²) in [4.78, 5) is 0. The highest BCUT2D eigenvalue weighted by Gasteiger charge is 2.35. The van der Waals surface area contributed by atoms with Crippen LogP contribution in [0.5, 0.6) is 0 Å². The summed E-state index contributed by atoms with van der Waals surface area (Å²) in [5.74, 6) is 0.671. The fraction of sp³-hybridized carbons (Fsp3) is 0.269. The summed E-state index contributed by atoms with van der Waals surface area (Å²) in [7, 11) is 0.